The summed E-state index contributed by atoms with van der Waals surface area (Å²) in [5, 5.41) is 13.1. The predicted molar refractivity (Wildman–Crippen MR) is 75.7 cm³/mol. The molecule has 1 aromatic carbocycles. The van der Waals surface area contributed by atoms with Gasteiger partial charge in [-0.3, -0.25) is 9.78 Å². The van der Waals surface area contributed by atoms with Gasteiger partial charge in [0, 0.05) is 31.5 Å². The van der Waals surface area contributed by atoms with Crippen LogP contribution in [0, 0.1) is 0 Å². The third kappa shape index (κ3) is 2.23. The molecular weight excluding hydrogens is 254 g/mol. The van der Waals surface area contributed by atoms with E-state index in [4.69, 9.17) is 0 Å². The molecule has 0 unspecified atom stereocenters. The number of carbonyl (C=O) groups is 1. The van der Waals surface area contributed by atoms with Crippen molar-refractivity contribution in [3.63, 3.8) is 0 Å². The van der Waals surface area contributed by atoms with Crippen LogP contribution in [0.5, 0.6) is 5.75 Å². The van der Waals surface area contributed by atoms with Gasteiger partial charge < -0.3 is 15.3 Å². The topological polar surface area (TPSA) is 65.5 Å². The first-order chi connectivity index (χ1) is 9.77. The predicted octanol–water partition coefficient (Wildman–Crippen LogP) is 1.54. The average Bonchev–Trinajstić information content (AvgIpc) is 2.69. The molecule has 5 heteroatoms. The summed E-state index contributed by atoms with van der Waals surface area (Å²) < 4.78 is 0. The number of benzene rings is 1. The summed E-state index contributed by atoms with van der Waals surface area (Å²) in [4.78, 5) is 18.1. The molecule has 1 amide bonds. The molecule has 2 heterocycles. The van der Waals surface area contributed by atoms with E-state index >= 15 is 0 Å². The van der Waals surface area contributed by atoms with Gasteiger partial charge in [-0.15, -0.1) is 0 Å². The molecule has 0 atom stereocenters. The number of pyridine rings is 1. The number of nitrogens with zero attached hydrogens (tertiary/aromatic N) is 2. The third-order valence-corrected chi connectivity index (χ3v) is 3.39. The van der Waals surface area contributed by atoms with Crippen molar-refractivity contribution in [3.8, 4) is 5.75 Å². The number of anilines is 1. The number of rotatable bonds is 1. The maximum absolute atomic E-state index is 12.6. The number of amides is 1. The zero-order chi connectivity index (χ0) is 13.9. The Bertz CT molecular complexity index is 643. The van der Waals surface area contributed by atoms with Crippen molar-refractivity contribution in [1.82, 2.24) is 10.3 Å². The molecule has 3 rings (SSSR count). The van der Waals surface area contributed by atoms with E-state index in [1.165, 1.54) is 12.4 Å². The van der Waals surface area contributed by atoms with Crippen LogP contribution in [-0.2, 0) is 6.54 Å². The van der Waals surface area contributed by atoms with E-state index < -0.39 is 0 Å². The zero-order valence-electron chi connectivity index (χ0n) is 10.9. The van der Waals surface area contributed by atoms with Crippen LogP contribution in [-0.4, -0.2) is 29.1 Å². The minimum absolute atomic E-state index is 0.0906. The van der Waals surface area contributed by atoms with Crippen molar-refractivity contribution in [1.29, 1.82) is 0 Å². The van der Waals surface area contributed by atoms with Crippen molar-refractivity contribution in [2.45, 2.75) is 6.54 Å². The van der Waals surface area contributed by atoms with Crippen molar-refractivity contribution in [3.05, 3.63) is 53.9 Å². The first-order valence-electron chi connectivity index (χ1n) is 6.51. The van der Waals surface area contributed by atoms with E-state index in [1.807, 2.05) is 24.3 Å². The number of aromatic hydroxyl groups is 1. The molecule has 0 saturated carbocycles. The fraction of sp³-hybridized carbons (Fsp3) is 0.200. The van der Waals surface area contributed by atoms with Crippen molar-refractivity contribution in [2.24, 2.45) is 0 Å². The highest BCUT2D eigenvalue weighted by atomic mass is 16.3. The highest BCUT2D eigenvalue weighted by Crippen LogP contribution is 2.26. The second-order valence-corrected chi connectivity index (χ2v) is 4.66. The smallest absolute Gasteiger partial charge is 0.262 e. The molecule has 2 aromatic rings. The average molecular weight is 269 g/mol. The number of fused-ring (bicyclic) bond motifs is 1. The molecule has 1 aliphatic heterocycles. The first-order valence-corrected chi connectivity index (χ1v) is 6.51. The molecule has 0 bridgehead atoms. The van der Waals surface area contributed by atoms with Crippen LogP contribution >= 0.6 is 0 Å². The normalized spacial score (nSPS) is 14.5. The lowest BCUT2D eigenvalue weighted by atomic mass is 10.1. The summed E-state index contributed by atoms with van der Waals surface area (Å²) in [6.07, 6.45) is 2.80. The van der Waals surface area contributed by atoms with Gasteiger partial charge in [-0.05, 0) is 17.7 Å². The lowest BCUT2D eigenvalue weighted by Gasteiger charge is -2.22. The zero-order valence-corrected chi connectivity index (χ0v) is 10.9. The number of nitrogens with one attached hydrogen (secondary N) is 1. The Morgan fingerprint density at radius 1 is 1.30 bits per heavy atom. The Kier molecular flexibility index (Phi) is 3.35. The van der Waals surface area contributed by atoms with E-state index in [0.29, 0.717) is 13.1 Å². The molecule has 0 radical (unpaired) electrons. The van der Waals surface area contributed by atoms with E-state index in [9.17, 15) is 9.90 Å². The van der Waals surface area contributed by atoms with Gasteiger partial charge >= 0.3 is 0 Å². The Morgan fingerprint density at radius 2 is 2.15 bits per heavy atom. The minimum Gasteiger partial charge on any atom is -0.505 e. The molecule has 0 saturated heterocycles. The molecule has 1 aliphatic rings. The summed E-state index contributed by atoms with van der Waals surface area (Å²) >= 11 is 0. The van der Waals surface area contributed by atoms with Crippen molar-refractivity contribution in [2.75, 3.05) is 18.0 Å². The van der Waals surface area contributed by atoms with Crippen molar-refractivity contribution < 1.29 is 9.90 Å². The molecule has 1 aromatic heterocycles. The molecular formula is C15H15N3O2. The summed E-state index contributed by atoms with van der Waals surface area (Å²) in [7, 11) is 0. The summed E-state index contributed by atoms with van der Waals surface area (Å²) in [5.74, 6) is -0.298. The molecule has 2 N–H and O–H groups in total. The van der Waals surface area contributed by atoms with Crippen LogP contribution in [0.25, 0.3) is 0 Å². The summed E-state index contributed by atoms with van der Waals surface area (Å²) in [6, 6.07) is 9.34. The first kappa shape index (κ1) is 12.6. The largest absolute Gasteiger partial charge is 0.505 e. The van der Waals surface area contributed by atoms with Crippen LogP contribution in [0.4, 0.5) is 5.69 Å². The van der Waals surface area contributed by atoms with Crippen LogP contribution in [0.2, 0.25) is 0 Å². The number of aromatic nitrogens is 1. The minimum atomic E-state index is -0.207. The molecule has 0 aliphatic carbocycles. The van der Waals surface area contributed by atoms with Crippen LogP contribution in [0.1, 0.15) is 15.9 Å². The fourth-order valence-corrected chi connectivity index (χ4v) is 2.38. The monoisotopic (exact) mass is 269 g/mol. The van der Waals surface area contributed by atoms with Gasteiger partial charge in [-0.2, -0.15) is 0 Å². The van der Waals surface area contributed by atoms with E-state index in [0.717, 1.165) is 17.8 Å². The van der Waals surface area contributed by atoms with Crippen LogP contribution < -0.4 is 10.2 Å². The highest BCUT2D eigenvalue weighted by molar-refractivity contribution is 6.08. The molecule has 5 nitrogen and oxygen atoms in total. The maximum Gasteiger partial charge on any atom is 0.262 e. The lowest BCUT2D eigenvalue weighted by molar-refractivity contribution is 0.0985. The Labute approximate surface area is 116 Å². The number of para-hydroxylation sites is 1. The van der Waals surface area contributed by atoms with E-state index in [1.54, 1.807) is 11.0 Å². The van der Waals surface area contributed by atoms with Gasteiger partial charge in [0.1, 0.15) is 5.75 Å². The van der Waals surface area contributed by atoms with Gasteiger partial charge in [-0.25, -0.2) is 0 Å². The van der Waals surface area contributed by atoms with Gasteiger partial charge in [0.15, 0.2) is 0 Å². The van der Waals surface area contributed by atoms with Crippen LogP contribution in [0.15, 0.2) is 42.7 Å². The van der Waals surface area contributed by atoms with Gasteiger partial charge in [-0.1, -0.05) is 18.2 Å². The third-order valence-electron chi connectivity index (χ3n) is 3.39. The molecule has 102 valence electrons. The van der Waals surface area contributed by atoms with Crippen molar-refractivity contribution >= 4 is 11.6 Å². The Balaban J connectivity index is 2.02. The second kappa shape index (κ2) is 5.30. The number of carbonyl (C=O) groups excluding carboxylic acids is 1. The standard InChI is InChI=1S/C15H15N3O2/c19-14-10-16-6-5-12(14)15(20)18-8-7-17-9-11-3-1-2-4-13(11)18/h1-6,10,17,19H,7-9H2. The molecule has 0 fully saturated rings. The van der Waals surface area contributed by atoms with Gasteiger partial charge in [0.05, 0.1) is 11.8 Å². The fourth-order valence-electron chi connectivity index (χ4n) is 2.38. The van der Waals surface area contributed by atoms with E-state index in [2.05, 4.69) is 10.3 Å². The van der Waals surface area contributed by atoms with E-state index in [-0.39, 0.29) is 17.2 Å². The van der Waals surface area contributed by atoms with Gasteiger partial charge in [0.25, 0.3) is 5.91 Å². The summed E-state index contributed by atoms with van der Waals surface area (Å²) in [5.41, 5.74) is 2.24. The SMILES string of the molecule is O=C(c1ccncc1O)N1CCNCc2ccccc21. The highest BCUT2D eigenvalue weighted by Gasteiger charge is 2.23. The number of hydrogen-bond acceptors (Lipinski definition) is 4. The molecule has 20 heavy (non-hydrogen) atoms. The number of hydrogen-bond donors (Lipinski definition) is 2. The second-order valence-electron chi connectivity index (χ2n) is 4.66. The quantitative estimate of drug-likeness (QED) is 0.824. The maximum atomic E-state index is 12.6. The lowest BCUT2D eigenvalue weighted by Crippen LogP contribution is -2.34. The van der Waals surface area contributed by atoms with Gasteiger partial charge in [0.2, 0.25) is 0 Å². The summed E-state index contributed by atoms with van der Waals surface area (Å²) in [6.45, 7) is 2.02. The Hall–Kier alpha value is -2.40. The Morgan fingerprint density at radius 3 is 3.00 bits per heavy atom. The van der Waals surface area contributed by atoms with Crippen LogP contribution in [0.3, 0.4) is 0 Å². The molecule has 0 spiro atoms.